The van der Waals surface area contributed by atoms with Gasteiger partial charge in [0.1, 0.15) is 5.75 Å². The number of ether oxygens (including phenoxy) is 4. The molecule has 0 aromatic heterocycles. The molecule has 6 heteroatoms. The molecule has 6 nitrogen and oxygen atoms in total. The van der Waals surface area contributed by atoms with Crippen molar-refractivity contribution in [3.8, 4) is 17.2 Å². The average molecular weight is 297 g/mol. The van der Waals surface area contributed by atoms with Crippen LogP contribution in [0.25, 0.3) is 0 Å². The van der Waals surface area contributed by atoms with Crippen LogP contribution in [0.3, 0.4) is 0 Å². The molecule has 0 heterocycles. The van der Waals surface area contributed by atoms with Gasteiger partial charge in [0.05, 0.1) is 33.9 Å². The fourth-order valence-electron chi connectivity index (χ4n) is 2.07. The van der Waals surface area contributed by atoms with Gasteiger partial charge in [0.2, 0.25) is 0 Å². The number of hydrogen-bond acceptors (Lipinski definition) is 6. The van der Waals surface area contributed by atoms with Gasteiger partial charge in [0, 0.05) is 17.7 Å². The molecule has 0 aliphatic carbocycles. The topological polar surface area (TPSA) is 80.0 Å². The van der Waals surface area contributed by atoms with E-state index >= 15 is 0 Å². The van der Waals surface area contributed by atoms with Gasteiger partial charge in [-0.3, -0.25) is 4.79 Å². The Morgan fingerprint density at radius 1 is 1.00 bits per heavy atom. The predicted octanol–water partition coefficient (Wildman–Crippen LogP) is 1.91. The molecule has 0 bridgehead atoms. The summed E-state index contributed by atoms with van der Waals surface area (Å²) in [6.07, 6.45) is 0. The van der Waals surface area contributed by atoms with Crippen LogP contribution in [-0.4, -0.2) is 34.4 Å². The number of benzene rings is 1. The third-order valence-corrected chi connectivity index (χ3v) is 3.56. The Bertz CT molecular complexity index is 513. The minimum atomic E-state index is -0.915. The predicted molar refractivity (Wildman–Crippen MR) is 78.8 cm³/mol. The fraction of sp³-hybridized carbons (Fsp3) is 0.533. The highest BCUT2D eigenvalue weighted by Crippen LogP contribution is 2.42. The van der Waals surface area contributed by atoms with Gasteiger partial charge in [0.25, 0.3) is 0 Å². The van der Waals surface area contributed by atoms with Gasteiger partial charge in [-0.1, -0.05) is 0 Å². The number of nitrogens with two attached hydrogens (primary N) is 1. The molecule has 0 aliphatic rings. The van der Waals surface area contributed by atoms with E-state index in [9.17, 15) is 4.79 Å². The first-order chi connectivity index (χ1) is 9.83. The molecule has 2 N–H and O–H groups in total. The lowest BCUT2D eigenvalue weighted by molar-refractivity contribution is -0.152. The molecule has 0 radical (unpaired) electrons. The summed E-state index contributed by atoms with van der Waals surface area (Å²) in [4.78, 5) is 11.9. The van der Waals surface area contributed by atoms with Crippen LogP contribution in [0.2, 0.25) is 0 Å². The molecule has 1 atom stereocenters. The third kappa shape index (κ3) is 3.21. The van der Waals surface area contributed by atoms with Crippen molar-refractivity contribution >= 4 is 5.97 Å². The van der Waals surface area contributed by atoms with Crippen LogP contribution in [0.5, 0.6) is 17.2 Å². The van der Waals surface area contributed by atoms with Crippen molar-refractivity contribution in [2.45, 2.75) is 19.9 Å². The molecule has 1 aromatic carbocycles. The van der Waals surface area contributed by atoms with E-state index in [0.717, 1.165) is 0 Å². The van der Waals surface area contributed by atoms with E-state index in [4.69, 9.17) is 24.7 Å². The summed E-state index contributed by atoms with van der Waals surface area (Å²) in [7, 11) is 5.94. The van der Waals surface area contributed by atoms with Crippen molar-refractivity contribution in [2.75, 3.05) is 28.4 Å². The summed E-state index contributed by atoms with van der Waals surface area (Å²) in [5.74, 6) is 1.18. The molecule has 0 saturated carbocycles. The van der Waals surface area contributed by atoms with Crippen LogP contribution in [0.1, 0.15) is 25.5 Å². The zero-order valence-corrected chi connectivity index (χ0v) is 13.4. The molecule has 118 valence electrons. The minimum Gasteiger partial charge on any atom is -0.496 e. The number of hydrogen-bond donors (Lipinski definition) is 1. The first kappa shape index (κ1) is 17.1. The summed E-state index contributed by atoms with van der Waals surface area (Å²) in [5, 5.41) is 0. The van der Waals surface area contributed by atoms with E-state index in [-0.39, 0.29) is 0 Å². The standard InChI is InChI=1S/C15H23NO5/c1-15(2,14(17)21-6)13(16)9-7-11(19-4)12(20-5)8-10(9)18-3/h7-8,13H,16H2,1-6H3/t13-/m0/s1. The van der Waals surface area contributed by atoms with Crippen LogP contribution in [-0.2, 0) is 9.53 Å². The van der Waals surface area contributed by atoms with Crippen molar-refractivity contribution in [2.24, 2.45) is 11.1 Å². The number of esters is 1. The summed E-state index contributed by atoms with van der Waals surface area (Å²) >= 11 is 0. The molecule has 0 amide bonds. The van der Waals surface area contributed by atoms with Gasteiger partial charge in [-0.05, 0) is 19.9 Å². The molecule has 0 aliphatic heterocycles. The maximum atomic E-state index is 11.9. The van der Waals surface area contributed by atoms with Crippen LogP contribution in [0.15, 0.2) is 12.1 Å². The maximum absolute atomic E-state index is 11.9. The molecule has 0 saturated heterocycles. The third-order valence-electron chi connectivity index (χ3n) is 3.56. The van der Waals surface area contributed by atoms with Gasteiger partial charge in [-0.2, -0.15) is 0 Å². The SMILES string of the molecule is COC(=O)C(C)(C)[C@@H](N)c1cc(OC)c(OC)cc1OC. The first-order valence-electron chi connectivity index (χ1n) is 6.47. The summed E-state index contributed by atoms with van der Waals surface area (Å²) < 4.78 is 20.7. The van der Waals surface area contributed by atoms with Crippen LogP contribution in [0.4, 0.5) is 0 Å². The van der Waals surface area contributed by atoms with Gasteiger partial charge in [-0.15, -0.1) is 0 Å². The minimum absolute atomic E-state index is 0.396. The number of carbonyl (C=O) groups is 1. The van der Waals surface area contributed by atoms with Crippen molar-refractivity contribution in [1.82, 2.24) is 0 Å². The quantitative estimate of drug-likeness (QED) is 0.808. The van der Waals surface area contributed by atoms with Crippen molar-refractivity contribution in [3.63, 3.8) is 0 Å². The smallest absolute Gasteiger partial charge is 0.313 e. The lowest BCUT2D eigenvalue weighted by Crippen LogP contribution is -2.37. The van der Waals surface area contributed by atoms with Crippen LogP contribution >= 0.6 is 0 Å². The highest BCUT2D eigenvalue weighted by molar-refractivity contribution is 5.77. The molecule has 1 aromatic rings. The van der Waals surface area contributed by atoms with E-state index in [1.807, 2.05) is 0 Å². The van der Waals surface area contributed by atoms with Crippen molar-refractivity contribution in [1.29, 1.82) is 0 Å². The summed E-state index contributed by atoms with van der Waals surface area (Å²) in [5.41, 5.74) is 5.99. The second-order valence-electron chi connectivity index (χ2n) is 5.14. The molecule has 1 rings (SSSR count). The van der Waals surface area contributed by atoms with E-state index in [1.165, 1.54) is 28.4 Å². The van der Waals surface area contributed by atoms with Crippen LogP contribution < -0.4 is 19.9 Å². The molecule has 21 heavy (non-hydrogen) atoms. The zero-order valence-electron chi connectivity index (χ0n) is 13.4. The number of carbonyl (C=O) groups excluding carboxylic acids is 1. The molecular formula is C15H23NO5. The van der Waals surface area contributed by atoms with Crippen LogP contribution in [0, 0.1) is 5.41 Å². The average Bonchev–Trinajstić information content (AvgIpc) is 2.51. The second-order valence-corrected chi connectivity index (χ2v) is 5.14. The van der Waals surface area contributed by atoms with E-state index in [2.05, 4.69) is 0 Å². The summed E-state index contributed by atoms with van der Waals surface area (Å²) in [6, 6.07) is 2.77. The number of rotatable bonds is 6. The highest BCUT2D eigenvalue weighted by atomic mass is 16.5. The van der Waals surface area contributed by atoms with Crippen molar-refractivity contribution < 1.29 is 23.7 Å². The molecule has 0 spiro atoms. The van der Waals surface area contributed by atoms with Crippen molar-refractivity contribution in [3.05, 3.63) is 17.7 Å². The van der Waals surface area contributed by atoms with E-state index in [1.54, 1.807) is 26.0 Å². The Kier molecular flexibility index (Phi) is 5.43. The van der Waals surface area contributed by atoms with Gasteiger partial charge < -0.3 is 24.7 Å². The Labute approximate surface area is 125 Å². The highest BCUT2D eigenvalue weighted by Gasteiger charge is 2.38. The molecular weight excluding hydrogens is 274 g/mol. The second kappa shape index (κ2) is 6.67. The molecule has 0 fully saturated rings. The molecule has 0 unspecified atom stereocenters. The number of methoxy groups -OCH3 is 4. The Balaban J connectivity index is 3.37. The maximum Gasteiger partial charge on any atom is 0.313 e. The Morgan fingerprint density at radius 3 is 1.90 bits per heavy atom. The lowest BCUT2D eigenvalue weighted by atomic mass is 9.80. The van der Waals surface area contributed by atoms with Gasteiger partial charge in [-0.25, -0.2) is 0 Å². The van der Waals surface area contributed by atoms with E-state index < -0.39 is 17.4 Å². The Morgan fingerprint density at radius 2 is 1.48 bits per heavy atom. The normalized spacial score (nSPS) is 12.5. The van der Waals surface area contributed by atoms with E-state index in [0.29, 0.717) is 22.8 Å². The fourth-order valence-corrected chi connectivity index (χ4v) is 2.07. The zero-order chi connectivity index (χ0) is 16.2. The largest absolute Gasteiger partial charge is 0.496 e. The van der Waals surface area contributed by atoms with Gasteiger partial charge in [0.15, 0.2) is 11.5 Å². The Hall–Kier alpha value is -1.95. The summed E-state index contributed by atoms with van der Waals surface area (Å²) in [6.45, 7) is 3.44. The first-order valence-corrected chi connectivity index (χ1v) is 6.47. The van der Waals surface area contributed by atoms with Gasteiger partial charge >= 0.3 is 5.97 Å². The lowest BCUT2D eigenvalue weighted by Gasteiger charge is -2.30. The monoisotopic (exact) mass is 297 g/mol.